The minimum atomic E-state index is 0.537. The summed E-state index contributed by atoms with van der Waals surface area (Å²) in [5, 5.41) is 0. The average Bonchev–Trinajstić information content (AvgIpc) is 2.10. The molecule has 0 unspecified atom stereocenters. The lowest BCUT2D eigenvalue weighted by Crippen LogP contribution is -2.16. The van der Waals surface area contributed by atoms with Gasteiger partial charge in [0.25, 0.3) is 0 Å². The fraction of sp³-hybridized carbons (Fsp3) is 0.857. The van der Waals surface area contributed by atoms with Gasteiger partial charge in [0.05, 0.1) is 0 Å². The Kier molecular flexibility index (Phi) is 9.00. The molecule has 0 radical (unpaired) electrons. The largest absolute Gasteiger partial charge is 0.269 e. The van der Waals surface area contributed by atoms with Crippen LogP contribution in [0.3, 0.4) is 0 Å². The van der Waals surface area contributed by atoms with Crippen molar-refractivity contribution in [1.82, 2.24) is 4.42 Å². The topological polar surface area (TPSA) is 3.24 Å². The maximum Gasteiger partial charge on any atom is 0.166 e. The van der Waals surface area contributed by atoms with Gasteiger partial charge >= 0.3 is 0 Å². The van der Waals surface area contributed by atoms with Gasteiger partial charge in [-0.3, -0.25) is 4.42 Å². The molecule has 0 saturated heterocycles. The summed E-state index contributed by atoms with van der Waals surface area (Å²) in [5.74, 6) is 0. The van der Waals surface area contributed by atoms with Gasteiger partial charge in [-0.25, -0.2) is 0 Å². The van der Waals surface area contributed by atoms with Crippen molar-refractivity contribution in [2.75, 3.05) is 6.54 Å². The molecule has 1 nitrogen and oxygen atoms in total. The number of halogens is 2. The third-order valence-corrected chi connectivity index (χ3v) is 3.55. The molecule has 0 aromatic rings. The Balaban J connectivity index is 3.31. The first-order valence-corrected chi connectivity index (χ1v) is 6.37. The van der Waals surface area contributed by atoms with Gasteiger partial charge in [-0.15, -0.1) is 0 Å². The first-order valence-electron chi connectivity index (χ1n) is 3.98. The lowest BCUT2D eigenvalue weighted by molar-refractivity contribution is 0.577. The molecule has 0 fully saturated rings. The second-order valence-electron chi connectivity index (χ2n) is 2.49. The van der Waals surface area contributed by atoms with Gasteiger partial charge in [0, 0.05) is 29.3 Å². The van der Waals surface area contributed by atoms with E-state index in [-0.39, 0.29) is 0 Å². The van der Waals surface area contributed by atoms with Gasteiger partial charge in [0.2, 0.25) is 0 Å². The Morgan fingerprint density at radius 3 is 2.58 bits per heavy atom. The van der Waals surface area contributed by atoms with E-state index >= 15 is 0 Å². The zero-order valence-corrected chi connectivity index (χ0v) is 10.2. The summed E-state index contributed by atoms with van der Waals surface area (Å²) in [5.41, 5.74) is 0. The van der Waals surface area contributed by atoms with Crippen molar-refractivity contribution in [1.29, 1.82) is 0 Å². The molecule has 0 spiro atoms. The molecule has 12 heavy (non-hydrogen) atoms. The highest BCUT2D eigenvalue weighted by Crippen LogP contribution is 2.16. The smallest absolute Gasteiger partial charge is 0.166 e. The lowest BCUT2D eigenvalue weighted by Gasteiger charge is -2.12. The monoisotopic (exact) mass is 245 g/mol. The van der Waals surface area contributed by atoms with Crippen molar-refractivity contribution in [2.24, 2.45) is 0 Å². The SMILES string of the molecule is CCCCCCN(Cl)C(=S)SCl. The highest BCUT2D eigenvalue weighted by atomic mass is 35.7. The molecule has 0 N–H and O–H groups in total. The predicted molar refractivity (Wildman–Crippen MR) is 62.7 cm³/mol. The number of rotatable bonds is 5. The Bertz CT molecular complexity index is 133. The van der Waals surface area contributed by atoms with E-state index in [0.717, 1.165) is 23.9 Å². The molecule has 0 atom stereocenters. The summed E-state index contributed by atoms with van der Waals surface area (Å²) < 4.78 is 2.04. The zero-order valence-electron chi connectivity index (χ0n) is 7.06. The first kappa shape index (κ1) is 12.8. The summed E-state index contributed by atoms with van der Waals surface area (Å²) in [4.78, 5) is 0. The molecule has 5 heteroatoms. The number of unbranched alkanes of at least 4 members (excludes halogenated alkanes) is 3. The maximum atomic E-state index is 5.80. The van der Waals surface area contributed by atoms with Crippen molar-refractivity contribution >= 4 is 50.0 Å². The van der Waals surface area contributed by atoms with Crippen LogP contribution < -0.4 is 0 Å². The van der Waals surface area contributed by atoms with E-state index in [2.05, 4.69) is 6.92 Å². The van der Waals surface area contributed by atoms with Gasteiger partial charge in [-0.1, -0.05) is 38.4 Å². The highest BCUT2D eigenvalue weighted by Gasteiger charge is 2.04. The molecule has 0 aromatic carbocycles. The summed E-state index contributed by atoms with van der Waals surface area (Å²) in [6.07, 6.45) is 4.77. The Labute approximate surface area is 93.4 Å². The fourth-order valence-corrected chi connectivity index (χ4v) is 1.64. The molecule has 0 aliphatic heterocycles. The van der Waals surface area contributed by atoms with Crippen LogP contribution in [-0.2, 0) is 0 Å². The standard InChI is InChI=1S/C7H13Cl2NS2/c1-2-3-4-5-6-10(8)7(11)12-9/h2-6H2,1H3. The second kappa shape index (κ2) is 8.42. The van der Waals surface area contributed by atoms with E-state index in [9.17, 15) is 0 Å². The quantitative estimate of drug-likeness (QED) is 0.406. The molecular weight excluding hydrogens is 233 g/mol. The third-order valence-electron chi connectivity index (χ3n) is 1.47. The van der Waals surface area contributed by atoms with Crippen molar-refractivity contribution < 1.29 is 0 Å². The molecule has 0 aromatic heterocycles. The summed E-state index contributed by atoms with van der Waals surface area (Å²) in [6.45, 7) is 2.97. The van der Waals surface area contributed by atoms with Crippen LogP contribution >= 0.6 is 45.7 Å². The molecule has 0 aliphatic rings. The van der Waals surface area contributed by atoms with Gasteiger partial charge < -0.3 is 0 Å². The molecule has 72 valence electrons. The first-order chi connectivity index (χ1) is 5.72. The lowest BCUT2D eigenvalue weighted by atomic mass is 10.2. The Hall–Kier alpha value is 0.820. The summed E-state index contributed by atoms with van der Waals surface area (Å²) in [7, 11) is 6.43. The number of nitrogens with zero attached hydrogens (tertiary/aromatic N) is 1. The van der Waals surface area contributed by atoms with Crippen LogP contribution in [0.5, 0.6) is 0 Å². The minimum Gasteiger partial charge on any atom is -0.269 e. The fourth-order valence-electron chi connectivity index (χ4n) is 0.806. The van der Waals surface area contributed by atoms with Gasteiger partial charge in [0.15, 0.2) is 4.32 Å². The van der Waals surface area contributed by atoms with Crippen LogP contribution in [0.2, 0.25) is 0 Å². The van der Waals surface area contributed by atoms with Crippen molar-refractivity contribution in [3.8, 4) is 0 Å². The van der Waals surface area contributed by atoms with Crippen LogP contribution in [0.4, 0.5) is 0 Å². The van der Waals surface area contributed by atoms with Crippen LogP contribution in [0, 0.1) is 0 Å². The van der Waals surface area contributed by atoms with E-state index in [1.54, 1.807) is 0 Å². The molecule has 0 aliphatic carbocycles. The summed E-state index contributed by atoms with van der Waals surface area (Å²) in [6, 6.07) is 0. The van der Waals surface area contributed by atoms with Gasteiger partial charge in [0.1, 0.15) is 0 Å². The van der Waals surface area contributed by atoms with Crippen molar-refractivity contribution in [3.05, 3.63) is 0 Å². The van der Waals surface area contributed by atoms with Gasteiger partial charge in [-0.2, -0.15) is 0 Å². The zero-order chi connectivity index (χ0) is 9.40. The van der Waals surface area contributed by atoms with E-state index < -0.39 is 0 Å². The molecule has 0 amide bonds. The highest BCUT2D eigenvalue weighted by molar-refractivity contribution is 8.38. The average molecular weight is 246 g/mol. The van der Waals surface area contributed by atoms with Crippen LogP contribution in [0.15, 0.2) is 0 Å². The van der Waals surface area contributed by atoms with E-state index in [1.165, 1.54) is 23.7 Å². The molecule has 0 rings (SSSR count). The van der Waals surface area contributed by atoms with Crippen molar-refractivity contribution in [2.45, 2.75) is 32.6 Å². The van der Waals surface area contributed by atoms with Crippen molar-refractivity contribution in [3.63, 3.8) is 0 Å². The third kappa shape index (κ3) is 6.35. The van der Waals surface area contributed by atoms with E-state index in [1.807, 2.05) is 0 Å². The van der Waals surface area contributed by atoms with Crippen LogP contribution in [-0.4, -0.2) is 15.3 Å². The molecule has 0 bridgehead atoms. The number of thiocarbonyl (C=S) groups is 1. The molecular formula is C7H13Cl2NS2. The normalized spacial score (nSPS) is 9.92. The molecule has 0 saturated carbocycles. The van der Waals surface area contributed by atoms with Crippen LogP contribution in [0.1, 0.15) is 32.6 Å². The van der Waals surface area contributed by atoms with E-state index in [4.69, 9.17) is 34.7 Å². The Morgan fingerprint density at radius 2 is 2.08 bits per heavy atom. The maximum absolute atomic E-state index is 5.80. The molecule has 0 heterocycles. The van der Waals surface area contributed by atoms with Gasteiger partial charge in [-0.05, 0) is 17.1 Å². The number of hydrogen-bond acceptors (Lipinski definition) is 2. The number of hydrogen-bond donors (Lipinski definition) is 0. The predicted octanol–water partition coefficient (Wildman–Crippen LogP) is 4.19. The minimum absolute atomic E-state index is 0.537. The summed E-state index contributed by atoms with van der Waals surface area (Å²) >= 11 is 10.7. The Morgan fingerprint density at radius 1 is 1.42 bits per heavy atom. The van der Waals surface area contributed by atoms with E-state index in [0.29, 0.717) is 4.32 Å². The van der Waals surface area contributed by atoms with Crippen LogP contribution in [0.25, 0.3) is 0 Å². The second-order valence-corrected chi connectivity index (χ2v) is 4.55.